The predicted octanol–water partition coefficient (Wildman–Crippen LogP) is 0.451. The van der Waals surface area contributed by atoms with Crippen molar-refractivity contribution in [2.75, 3.05) is 13.7 Å². The van der Waals surface area contributed by atoms with Crippen LogP contribution >= 0.6 is 0 Å². The highest BCUT2D eigenvalue weighted by atomic mass is 19.4. The fourth-order valence-corrected chi connectivity index (χ4v) is 1.35. The van der Waals surface area contributed by atoms with Gasteiger partial charge in [-0.05, 0) is 18.8 Å². The second-order valence-corrected chi connectivity index (χ2v) is 3.80. The van der Waals surface area contributed by atoms with Crippen molar-refractivity contribution < 1.29 is 27.8 Å². The molecule has 1 aliphatic carbocycles. The van der Waals surface area contributed by atoms with E-state index in [1.54, 1.807) is 0 Å². The van der Waals surface area contributed by atoms with Crippen LogP contribution in [0.5, 0.6) is 0 Å². The first-order valence-corrected chi connectivity index (χ1v) is 4.92. The smallest absolute Gasteiger partial charge is 0.415 e. The second kappa shape index (κ2) is 5.01. The summed E-state index contributed by atoms with van der Waals surface area (Å²) in [7, 11) is 1.18. The van der Waals surface area contributed by atoms with Crippen LogP contribution < -0.4 is 5.32 Å². The van der Waals surface area contributed by atoms with Gasteiger partial charge in [0, 0.05) is 6.54 Å². The molecule has 0 heterocycles. The summed E-state index contributed by atoms with van der Waals surface area (Å²) in [5.74, 6) is -0.565. The summed E-state index contributed by atoms with van der Waals surface area (Å²) >= 11 is 0. The lowest BCUT2D eigenvalue weighted by atomic mass is 10.2. The van der Waals surface area contributed by atoms with E-state index in [1.807, 2.05) is 0 Å². The number of carbonyl (C=O) groups is 1. The first kappa shape index (κ1) is 13.2. The first-order valence-electron chi connectivity index (χ1n) is 4.92. The molecule has 16 heavy (non-hydrogen) atoms. The number of rotatable bonds is 5. The Morgan fingerprint density at radius 2 is 2.12 bits per heavy atom. The monoisotopic (exact) mass is 241 g/mol. The Balaban J connectivity index is 2.41. The number of carbonyl (C=O) groups excluding carboxylic acids is 1. The zero-order chi connectivity index (χ0) is 12.3. The second-order valence-electron chi connectivity index (χ2n) is 3.80. The Morgan fingerprint density at radius 3 is 2.50 bits per heavy atom. The molecular formula is C9H14F3NO3. The highest BCUT2D eigenvalue weighted by Crippen LogP contribution is 2.33. The number of ether oxygens (including phenoxy) is 1. The van der Waals surface area contributed by atoms with Gasteiger partial charge in [-0.2, -0.15) is 13.2 Å². The molecule has 0 bridgehead atoms. The van der Waals surface area contributed by atoms with Crippen molar-refractivity contribution in [2.45, 2.75) is 31.2 Å². The molecule has 2 unspecified atom stereocenters. The summed E-state index contributed by atoms with van der Waals surface area (Å²) in [4.78, 5) is 11.2. The minimum Gasteiger partial charge on any atom is -0.468 e. The molecule has 1 saturated carbocycles. The summed E-state index contributed by atoms with van der Waals surface area (Å²) in [6.07, 6.45) is -5.56. The van der Waals surface area contributed by atoms with Crippen molar-refractivity contribution in [2.24, 2.45) is 5.92 Å². The number of methoxy groups -OCH3 is 1. The van der Waals surface area contributed by atoms with Crippen molar-refractivity contribution in [1.29, 1.82) is 0 Å². The predicted molar refractivity (Wildman–Crippen MR) is 48.6 cm³/mol. The quantitative estimate of drug-likeness (QED) is 0.686. The molecule has 2 N–H and O–H groups in total. The van der Waals surface area contributed by atoms with Gasteiger partial charge in [0.2, 0.25) is 0 Å². The van der Waals surface area contributed by atoms with Crippen LogP contribution in [0.3, 0.4) is 0 Å². The largest absolute Gasteiger partial charge is 0.468 e. The molecule has 0 spiro atoms. The van der Waals surface area contributed by atoms with Crippen molar-refractivity contribution in [3.63, 3.8) is 0 Å². The number of esters is 1. The van der Waals surface area contributed by atoms with Crippen LogP contribution in [0.15, 0.2) is 0 Å². The van der Waals surface area contributed by atoms with Gasteiger partial charge in [-0.25, -0.2) is 0 Å². The van der Waals surface area contributed by atoms with Gasteiger partial charge in [-0.3, -0.25) is 4.79 Å². The third kappa shape index (κ3) is 3.64. The summed E-state index contributed by atoms with van der Waals surface area (Å²) < 4.78 is 40.4. The van der Waals surface area contributed by atoms with Crippen LogP contribution in [-0.4, -0.2) is 43.1 Å². The van der Waals surface area contributed by atoms with Crippen LogP contribution in [-0.2, 0) is 9.53 Å². The van der Waals surface area contributed by atoms with Crippen molar-refractivity contribution in [3.05, 3.63) is 0 Å². The molecule has 0 aromatic heterocycles. The minimum absolute atomic E-state index is 0.0212. The van der Waals surface area contributed by atoms with Gasteiger partial charge in [-0.1, -0.05) is 0 Å². The van der Waals surface area contributed by atoms with Crippen LogP contribution in [0.25, 0.3) is 0 Å². The number of halogens is 3. The maximum absolute atomic E-state index is 12.0. The van der Waals surface area contributed by atoms with E-state index >= 15 is 0 Å². The van der Waals surface area contributed by atoms with Gasteiger partial charge in [0.25, 0.3) is 0 Å². The van der Waals surface area contributed by atoms with E-state index in [0.29, 0.717) is 0 Å². The van der Waals surface area contributed by atoms with Gasteiger partial charge >= 0.3 is 12.1 Å². The molecule has 0 saturated heterocycles. The first-order chi connectivity index (χ1) is 7.36. The number of alkyl halides is 3. The number of aliphatic hydroxyl groups is 1. The van der Waals surface area contributed by atoms with Crippen LogP contribution in [0.1, 0.15) is 12.8 Å². The lowest BCUT2D eigenvalue weighted by molar-refractivity contribution is -0.202. The van der Waals surface area contributed by atoms with Crippen LogP contribution in [0.2, 0.25) is 0 Å². The minimum atomic E-state index is -4.67. The third-order valence-electron chi connectivity index (χ3n) is 2.46. The van der Waals surface area contributed by atoms with Crippen molar-refractivity contribution in [3.8, 4) is 0 Å². The topological polar surface area (TPSA) is 58.6 Å². The van der Waals surface area contributed by atoms with E-state index in [1.165, 1.54) is 7.11 Å². The highest BCUT2D eigenvalue weighted by molar-refractivity contribution is 5.76. The lowest BCUT2D eigenvalue weighted by Crippen LogP contribution is -2.46. The fourth-order valence-electron chi connectivity index (χ4n) is 1.35. The molecule has 1 fully saturated rings. The van der Waals surface area contributed by atoms with Crippen LogP contribution in [0, 0.1) is 5.92 Å². The van der Waals surface area contributed by atoms with E-state index in [4.69, 9.17) is 5.11 Å². The summed E-state index contributed by atoms with van der Waals surface area (Å²) in [5, 5.41) is 11.1. The molecule has 0 aliphatic heterocycles. The molecule has 0 aromatic carbocycles. The van der Waals surface area contributed by atoms with Gasteiger partial charge in [0.1, 0.15) is 6.04 Å². The summed E-state index contributed by atoms with van der Waals surface area (Å²) in [6, 6.07) is -0.748. The molecular weight excluding hydrogens is 227 g/mol. The Morgan fingerprint density at radius 1 is 1.56 bits per heavy atom. The van der Waals surface area contributed by atoms with E-state index in [-0.39, 0.29) is 5.92 Å². The van der Waals surface area contributed by atoms with E-state index in [0.717, 1.165) is 12.8 Å². The maximum Gasteiger partial charge on any atom is 0.415 e. The molecule has 4 nitrogen and oxygen atoms in total. The average Bonchev–Trinajstić information content (AvgIpc) is 2.99. The molecule has 1 aliphatic rings. The number of hydrogen-bond acceptors (Lipinski definition) is 4. The normalized spacial score (nSPS) is 20.3. The van der Waals surface area contributed by atoms with Crippen molar-refractivity contribution >= 4 is 5.97 Å². The van der Waals surface area contributed by atoms with Gasteiger partial charge in [0.05, 0.1) is 7.11 Å². The highest BCUT2D eigenvalue weighted by Gasteiger charge is 2.41. The SMILES string of the molecule is COC(=O)C(NCC(O)C(F)(F)F)C1CC1. The molecule has 0 amide bonds. The molecule has 94 valence electrons. The van der Waals surface area contributed by atoms with Crippen molar-refractivity contribution in [1.82, 2.24) is 5.32 Å². The van der Waals surface area contributed by atoms with Gasteiger partial charge in [0.15, 0.2) is 6.10 Å². The third-order valence-corrected chi connectivity index (χ3v) is 2.46. The molecule has 7 heteroatoms. The molecule has 2 atom stereocenters. The Kier molecular flexibility index (Phi) is 4.15. The summed E-state index contributed by atoms with van der Waals surface area (Å²) in [5.41, 5.74) is 0. The van der Waals surface area contributed by atoms with Gasteiger partial charge in [-0.15, -0.1) is 0 Å². The molecule has 0 aromatic rings. The number of nitrogens with one attached hydrogen (secondary N) is 1. The fraction of sp³-hybridized carbons (Fsp3) is 0.889. The Labute approximate surface area is 90.8 Å². The van der Waals surface area contributed by atoms with E-state index in [2.05, 4.69) is 10.1 Å². The molecule has 1 rings (SSSR count). The maximum atomic E-state index is 12.0. The van der Waals surface area contributed by atoms with E-state index < -0.39 is 30.8 Å². The van der Waals surface area contributed by atoms with Gasteiger partial charge < -0.3 is 15.2 Å². The number of aliphatic hydroxyl groups excluding tert-OH is 1. The zero-order valence-corrected chi connectivity index (χ0v) is 8.75. The summed E-state index contributed by atoms with van der Waals surface area (Å²) in [6.45, 7) is -0.695. The molecule has 0 radical (unpaired) electrons. The van der Waals surface area contributed by atoms with Crippen LogP contribution in [0.4, 0.5) is 13.2 Å². The number of hydrogen-bond donors (Lipinski definition) is 2. The Hall–Kier alpha value is -0.820. The lowest BCUT2D eigenvalue weighted by Gasteiger charge is -2.19. The zero-order valence-electron chi connectivity index (χ0n) is 8.75. The standard InChI is InChI=1S/C9H14F3NO3/c1-16-8(15)7(5-2-3-5)13-4-6(14)9(10,11)12/h5-7,13-14H,2-4H2,1H3. The Bertz CT molecular complexity index is 253. The average molecular weight is 241 g/mol. The van der Waals surface area contributed by atoms with E-state index in [9.17, 15) is 18.0 Å².